The van der Waals surface area contributed by atoms with Gasteiger partial charge in [0.25, 0.3) is 5.56 Å². The molecule has 0 bridgehead atoms. The van der Waals surface area contributed by atoms with Gasteiger partial charge in [-0.15, -0.1) is 0 Å². The van der Waals surface area contributed by atoms with Crippen molar-refractivity contribution in [3.05, 3.63) is 38.0 Å². The SMILES string of the molecule is CC[C@H]1C[C@H](N)CN(c2c(F)c(F)c3c(=O)c4c(=O)[nH]sc4n(C4CC4)c3c2F)C1. The molecule has 0 radical (unpaired) electrons. The zero-order chi connectivity index (χ0) is 21.3. The minimum atomic E-state index is -1.42. The van der Waals surface area contributed by atoms with E-state index in [0.29, 0.717) is 19.4 Å². The third kappa shape index (κ3) is 2.73. The first kappa shape index (κ1) is 19.6. The topological polar surface area (TPSA) is 84.1 Å². The third-order valence-electron chi connectivity index (χ3n) is 6.24. The molecular formula is C20H21F3N4O2S. The van der Waals surface area contributed by atoms with Gasteiger partial charge in [-0.3, -0.25) is 14.0 Å². The smallest absolute Gasteiger partial charge is 0.271 e. The highest BCUT2D eigenvalue weighted by Gasteiger charge is 2.36. The average Bonchev–Trinajstić information content (AvgIpc) is 3.47. The van der Waals surface area contributed by atoms with Crippen molar-refractivity contribution in [3.8, 4) is 0 Å². The molecule has 2 aromatic heterocycles. The monoisotopic (exact) mass is 438 g/mol. The van der Waals surface area contributed by atoms with Crippen LogP contribution in [0.2, 0.25) is 0 Å². The summed E-state index contributed by atoms with van der Waals surface area (Å²) in [5.74, 6) is -3.66. The van der Waals surface area contributed by atoms with E-state index in [0.717, 1.165) is 24.4 Å². The number of hydrogen-bond donors (Lipinski definition) is 2. The number of H-pyrrole nitrogens is 1. The van der Waals surface area contributed by atoms with Crippen molar-refractivity contribution in [1.82, 2.24) is 8.94 Å². The fourth-order valence-corrected chi connectivity index (χ4v) is 5.56. The van der Waals surface area contributed by atoms with E-state index in [2.05, 4.69) is 4.37 Å². The Morgan fingerprint density at radius 3 is 2.50 bits per heavy atom. The second-order valence-electron chi connectivity index (χ2n) is 8.33. The van der Waals surface area contributed by atoms with Crippen molar-refractivity contribution in [1.29, 1.82) is 0 Å². The van der Waals surface area contributed by atoms with Crippen LogP contribution in [0.4, 0.5) is 18.9 Å². The Morgan fingerprint density at radius 1 is 1.10 bits per heavy atom. The fraction of sp³-hybridized carbons (Fsp3) is 0.500. The third-order valence-corrected chi connectivity index (χ3v) is 7.12. The number of aromatic amines is 1. The van der Waals surface area contributed by atoms with Crippen molar-refractivity contribution in [3.63, 3.8) is 0 Å². The maximum absolute atomic E-state index is 15.9. The molecule has 2 atom stereocenters. The first-order valence-electron chi connectivity index (χ1n) is 10.1. The highest BCUT2D eigenvalue weighted by atomic mass is 32.1. The number of anilines is 1. The number of fused-ring (bicyclic) bond motifs is 2. The highest BCUT2D eigenvalue weighted by molar-refractivity contribution is 7.12. The van der Waals surface area contributed by atoms with Gasteiger partial charge in [-0.25, -0.2) is 13.2 Å². The molecule has 1 saturated heterocycles. The van der Waals surface area contributed by atoms with Gasteiger partial charge < -0.3 is 15.2 Å². The van der Waals surface area contributed by atoms with Gasteiger partial charge >= 0.3 is 0 Å². The summed E-state index contributed by atoms with van der Waals surface area (Å²) >= 11 is 0.911. The number of nitrogens with two attached hydrogens (primary N) is 1. The Bertz CT molecular complexity index is 1290. The number of benzene rings is 1. The van der Waals surface area contributed by atoms with Gasteiger partial charge in [0.05, 0.1) is 10.9 Å². The van der Waals surface area contributed by atoms with Crippen LogP contribution in [0.15, 0.2) is 9.59 Å². The molecule has 1 aliphatic heterocycles. The summed E-state index contributed by atoms with van der Waals surface area (Å²) in [5.41, 5.74) is 3.69. The van der Waals surface area contributed by atoms with E-state index in [1.165, 1.54) is 9.47 Å². The lowest BCUT2D eigenvalue weighted by molar-refractivity contribution is 0.361. The molecular weight excluding hydrogens is 417 g/mol. The van der Waals surface area contributed by atoms with E-state index in [9.17, 15) is 9.59 Å². The standard InChI is InChI=1S/C20H21F3N4O2S/c1-2-8-5-9(24)7-26(6-8)17-14(22)13(21)11-16(15(17)23)27(10-3-4-10)20-12(18(11)28)19(29)25-30-20/h8-10H,2-7,24H2,1H3,(H,25,29)/t8-,9-/m0/s1. The molecule has 5 rings (SSSR count). The van der Waals surface area contributed by atoms with E-state index >= 15 is 13.2 Å². The number of rotatable bonds is 3. The molecule has 1 aliphatic carbocycles. The van der Waals surface area contributed by atoms with Crippen molar-refractivity contribution in [2.45, 2.75) is 44.7 Å². The van der Waals surface area contributed by atoms with Gasteiger partial charge in [0, 0.05) is 25.2 Å². The number of halogens is 3. The maximum atomic E-state index is 15.9. The molecule has 1 saturated carbocycles. The van der Waals surface area contributed by atoms with Crippen molar-refractivity contribution in [2.24, 2.45) is 11.7 Å². The Balaban J connectivity index is 1.87. The van der Waals surface area contributed by atoms with Gasteiger partial charge in [-0.2, -0.15) is 0 Å². The second kappa shape index (κ2) is 6.84. The molecule has 3 heterocycles. The zero-order valence-electron chi connectivity index (χ0n) is 16.3. The first-order valence-corrected chi connectivity index (χ1v) is 10.9. The van der Waals surface area contributed by atoms with Crippen LogP contribution in [-0.2, 0) is 0 Å². The Labute approximate surface area is 173 Å². The van der Waals surface area contributed by atoms with Gasteiger partial charge in [0.2, 0.25) is 5.43 Å². The predicted molar refractivity (Wildman–Crippen MR) is 111 cm³/mol. The number of hydrogen-bond acceptors (Lipinski definition) is 5. The summed E-state index contributed by atoms with van der Waals surface area (Å²) in [5, 5.41) is -0.957. The Kier molecular flexibility index (Phi) is 4.48. The lowest BCUT2D eigenvalue weighted by Gasteiger charge is -2.38. The molecule has 3 N–H and O–H groups in total. The summed E-state index contributed by atoms with van der Waals surface area (Å²) in [6.07, 6.45) is 2.93. The van der Waals surface area contributed by atoms with Crippen LogP contribution in [0.25, 0.3) is 21.1 Å². The molecule has 2 fully saturated rings. The van der Waals surface area contributed by atoms with E-state index in [1.807, 2.05) is 6.92 Å². The van der Waals surface area contributed by atoms with Crippen LogP contribution in [0.5, 0.6) is 0 Å². The van der Waals surface area contributed by atoms with Crippen molar-refractivity contribution < 1.29 is 13.2 Å². The van der Waals surface area contributed by atoms with E-state index in [4.69, 9.17) is 5.73 Å². The van der Waals surface area contributed by atoms with E-state index in [-0.39, 0.29) is 40.3 Å². The molecule has 3 aromatic rings. The van der Waals surface area contributed by atoms with Crippen LogP contribution in [0.3, 0.4) is 0 Å². The summed E-state index contributed by atoms with van der Waals surface area (Å²) in [7, 11) is 0. The van der Waals surface area contributed by atoms with Crippen LogP contribution in [0, 0.1) is 23.4 Å². The number of pyridine rings is 1. The van der Waals surface area contributed by atoms with Gasteiger partial charge in [-0.05, 0) is 36.7 Å². The van der Waals surface area contributed by atoms with E-state index < -0.39 is 39.5 Å². The van der Waals surface area contributed by atoms with E-state index in [1.54, 1.807) is 0 Å². The van der Waals surface area contributed by atoms with Gasteiger partial charge in [0.15, 0.2) is 17.5 Å². The average molecular weight is 438 g/mol. The molecule has 0 spiro atoms. The molecule has 30 heavy (non-hydrogen) atoms. The lowest BCUT2D eigenvalue weighted by atomic mass is 9.92. The molecule has 6 nitrogen and oxygen atoms in total. The van der Waals surface area contributed by atoms with Crippen molar-refractivity contribution >= 4 is 38.3 Å². The van der Waals surface area contributed by atoms with Gasteiger partial charge in [0.1, 0.15) is 15.9 Å². The second-order valence-corrected chi connectivity index (χ2v) is 9.13. The van der Waals surface area contributed by atoms with Crippen molar-refractivity contribution in [2.75, 3.05) is 18.0 Å². The fourth-order valence-electron chi connectivity index (χ4n) is 4.64. The molecule has 0 unspecified atom stereocenters. The number of aromatic nitrogens is 2. The van der Waals surface area contributed by atoms with Crippen LogP contribution >= 0.6 is 11.5 Å². The minimum Gasteiger partial charge on any atom is -0.365 e. The maximum Gasteiger partial charge on any atom is 0.271 e. The van der Waals surface area contributed by atoms with Gasteiger partial charge in [-0.1, -0.05) is 13.3 Å². The summed E-state index contributed by atoms with van der Waals surface area (Å²) in [6.45, 7) is 2.53. The Hall–Kier alpha value is -2.33. The number of nitrogens with one attached hydrogen (secondary N) is 1. The lowest BCUT2D eigenvalue weighted by Crippen LogP contribution is -2.47. The quantitative estimate of drug-likeness (QED) is 0.615. The van der Waals surface area contributed by atoms with Crippen LogP contribution in [-0.4, -0.2) is 28.1 Å². The summed E-state index contributed by atoms with van der Waals surface area (Å²) < 4.78 is 50.2. The normalized spacial score (nSPS) is 22.4. The van der Waals surface area contributed by atoms with Crippen LogP contribution in [0.1, 0.15) is 38.6 Å². The summed E-state index contributed by atoms with van der Waals surface area (Å²) in [6, 6.07) is -0.453. The minimum absolute atomic E-state index is 0.134. The first-order chi connectivity index (χ1) is 14.3. The molecule has 160 valence electrons. The number of piperidine rings is 1. The molecule has 10 heteroatoms. The molecule has 0 amide bonds. The highest BCUT2D eigenvalue weighted by Crippen LogP contribution is 2.43. The van der Waals surface area contributed by atoms with Crippen LogP contribution < -0.4 is 21.6 Å². The largest absolute Gasteiger partial charge is 0.365 e. The number of nitrogens with zero attached hydrogens (tertiary/aromatic N) is 2. The zero-order valence-corrected chi connectivity index (χ0v) is 17.1. The molecule has 1 aromatic carbocycles. The predicted octanol–water partition coefficient (Wildman–Crippen LogP) is 3.22. The molecule has 2 aliphatic rings. The summed E-state index contributed by atoms with van der Waals surface area (Å²) in [4.78, 5) is 26.8. The Morgan fingerprint density at radius 2 is 1.83 bits per heavy atom.